The highest BCUT2D eigenvalue weighted by atomic mass is 19.4. The van der Waals surface area contributed by atoms with Crippen molar-refractivity contribution in [2.24, 2.45) is 0 Å². The van der Waals surface area contributed by atoms with Crippen molar-refractivity contribution < 1.29 is 13.2 Å². The first kappa shape index (κ1) is 18.1. The fourth-order valence-electron chi connectivity index (χ4n) is 3.10. The number of anilines is 2. The van der Waals surface area contributed by atoms with E-state index in [1.807, 2.05) is 6.92 Å². The summed E-state index contributed by atoms with van der Waals surface area (Å²) in [5.74, 6) is 0. The predicted octanol–water partition coefficient (Wildman–Crippen LogP) is 5.16. The molecule has 1 saturated heterocycles. The predicted molar refractivity (Wildman–Crippen MR) is 96.7 cm³/mol. The van der Waals surface area contributed by atoms with E-state index < -0.39 is 11.7 Å². The molecule has 2 aromatic rings. The molecule has 0 radical (unpaired) electrons. The molecule has 1 aliphatic rings. The lowest BCUT2D eigenvalue weighted by Crippen LogP contribution is -2.30. The number of nitrogens with zero attached hydrogens (tertiary/aromatic N) is 2. The van der Waals surface area contributed by atoms with Crippen molar-refractivity contribution in [1.82, 2.24) is 4.98 Å². The minimum Gasteiger partial charge on any atom is -0.370 e. The van der Waals surface area contributed by atoms with Gasteiger partial charge in [0, 0.05) is 25.5 Å². The molecule has 2 heterocycles. The number of rotatable bonds is 4. The second kappa shape index (κ2) is 7.69. The Hall–Kier alpha value is -2.68. The summed E-state index contributed by atoms with van der Waals surface area (Å²) in [5, 5.41) is 3.16. The van der Waals surface area contributed by atoms with Crippen molar-refractivity contribution in [3.63, 3.8) is 0 Å². The number of halogens is 3. The SMILES string of the molecule is C/C=C(\Nc1cc(C(F)(F)F)ccc1N1CCCCC1)c1c#cncc1. The first-order valence-corrected chi connectivity index (χ1v) is 8.63. The van der Waals surface area contributed by atoms with Gasteiger partial charge in [0.1, 0.15) is 0 Å². The molecule has 0 saturated carbocycles. The van der Waals surface area contributed by atoms with Gasteiger partial charge in [-0.15, -0.1) is 0 Å². The average Bonchev–Trinajstić information content (AvgIpc) is 2.66. The van der Waals surface area contributed by atoms with E-state index in [1.165, 1.54) is 6.07 Å². The molecule has 1 fully saturated rings. The maximum atomic E-state index is 13.2. The minimum atomic E-state index is -4.39. The van der Waals surface area contributed by atoms with Crippen molar-refractivity contribution in [2.75, 3.05) is 23.3 Å². The van der Waals surface area contributed by atoms with Crippen LogP contribution >= 0.6 is 0 Å². The van der Waals surface area contributed by atoms with E-state index >= 15 is 0 Å². The molecular formula is C20H20F3N3. The number of hydrogen-bond acceptors (Lipinski definition) is 3. The first-order chi connectivity index (χ1) is 12.5. The van der Waals surface area contributed by atoms with E-state index in [-0.39, 0.29) is 0 Å². The molecule has 1 aromatic carbocycles. The summed E-state index contributed by atoms with van der Waals surface area (Å²) in [7, 11) is 0. The Labute approximate surface area is 151 Å². The molecule has 0 amide bonds. The topological polar surface area (TPSA) is 28.2 Å². The van der Waals surface area contributed by atoms with E-state index in [1.54, 1.807) is 24.4 Å². The first-order valence-electron chi connectivity index (χ1n) is 8.63. The van der Waals surface area contributed by atoms with Crippen LogP contribution in [0.2, 0.25) is 0 Å². The van der Waals surface area contributed by atoms with Crippen molar-refractivity contribution in [3.8, 4) is 0 Å². The van der Waals surface area contributed by atoms with Crippen LogP contribution in [0.4, 0.5) is 24.5 Å². The zero-order valence-electron chi connectivity index (χ0n) is 14.5. The second-order valence-electron chi connectivity index (χ2n) is 6.20. The van der Waals surface area contributed by atoms with Crippen molar-refractivity contribution >= 4 is 17.1 Å². The highest BCUT2D eigenvalue weighted by molar-refractivity contribution is 5.83. The van der Waals surface area contributed by atoms with Crippen LogP contribution in [-0.2, 0) is 6.18 Å². The smallest absolute Gasteiger partial charge is 0.370 e. The highest BCUT2D eigenvalue weighted by Crippen LogP contribution is 2.37. The molecule has 3 rings (SSSR count). The maximum absolute atomic E-state index is 13.2. The van der Waals surface area contributed by atoms with Crippen LogP contribution in [0.25, 0.3) is 5.70 Å². The van der Waals surface area contributed by atoms with Gasteiger partial charge >= 0.3 is 6.18 Å². The number of nitrogens with one attached hydrogen (secondary N) is 1. The van der Waals surface area contributed by atoms with Gasteiger partial charge in [0.2, 0.25) is 0 Å². The van der Waals surface area contributed by atoms with Crippen LogP contribution < -0.4 is 10.2 Å². The van der Waals surface area contributed by atoms with Crippen LogP contribution in [0, 0.1) is 12.3 Å². The normalized spacial score (nSPS) is 15.5. The van der Waals surface area contributed by atoms with Gasteiger partial charge in [-0.25, -0.2) is 4.98 Å². The molecule has 1 aromatic heterocycles. The average molecular weight is 359 g/mol. The lowest BCUT2D eigenvalue weighted by Gasteiger charge is -2.31. The second-order valence-corrected chi connectivity index (χ2v) is 6.20. The van der Waals surface area contributed by atoms with Gasteiger partial charge in [-0.1, -0.05) is 6.08 Å². The molecule has 136 valence electrons. The Kier molecular flexibility index (Phi) is 5.36. The maximum Gasteiger partial charge on any atom is 0.416 e. The van der Waals surface area contributed by atoms with Gasteiger partial charge in [0.05, 0.1) is 28.2 Å². The molecule has 26 heavy (non-hydrogen) atoms. The summed E-state index contributed by atoms with van der Waals surface area (Å²) in [6.45, 7) is 3.52. The van der Waals surface area contributed by atoms with E-state index in [9.17, 15) is 13.2 Å². The largest absolute Gasteiger partial charge is 0.416 e. The van der Waals surface area contributed by atoms with E-state index in [4.69, 9.17) is 0 Å². The van der Waals surface area contributed by atoms with E-state index in [0.29, 0.717) is 16.9 Å². The number of piperidine rings is 1. The Balaban J connectivity index is 1.98. The lowest BCUT2D eigenvalue weighted by molar-refractivity contribution is -0.137. The highest BCUT2D eigenvalue weighted by Gasteiger charge is 2.31. The summed E-state index contributed by atoms with van der Waals surface area (Å²) in [6, 6.07) is 8.51. The van der Waals surface area contributed by atoms with Gasteiger partial charge in [-0.05, 0) is 56.5 Å². The number of aromatic nitrogens is 1. The van der Waals surface area contributed by atoms with Crippen LogP contribution in [0.15, 0.2) is 36.5 Å². The summed E-state index contributed by atoms with van der Waals surface area (Å²) >= 11 is 0. The Morgan fingerprint density at radius 2 is 1.96 bits per heavy atom. The summed E-state index contributed by atoms with van der Waals surface area (Å²) in [6.07, 6.45) is 4.87. The van der Waals surface area contributed by atoms with Crippen molar-refractivity contribution in [3.05, 3.63) is 59.9 Å². The zero-order chi connectivity index (χ0) is 18.6. The summed E-state index contributed by atoms with van der Waals surface area (Å²) < 4.78 is 39.6. The lowest BCUT2D eigenvalue weighted by atomic mass is 10.1. The van der Waals surface area contributed by atoms with Crippen LogP contribution in [-0.4, -0.2) is 18.1 Å². The van der Waals surface area contributed by atoms with Crippen LogP contribution in [0.3, 0.4) is 0 Å². The number of alkyl halides is 3. The van der Waals surface area contributed by atoms with Crippen LogP contribution in [0.1, 0.15) is 37.3 Å². The van der Waals surface area contributed by atoms with E-state index in [2.05, 4.69) is 27.5 Å². The van der Waals surface area contributed by atoms with Gasteiger partial charge < -0.3 is 10.2 Å². The Morgan fingerprint density at radius 1 is 1.19 bits per heavy atom. The third-order valence-corrected chi connectivity index (χ3v) is 4.44. The third kappa shape index (κ3) is 4.10. The summed E-state index contributed by atoms with van der Waals surface area (Å²) in [5.41, 5.74) is 1.93. The molecular weight excluding hydrogens is 339 g/mol. The molecule has 0 atom stereocenters. The monoisotopic (exact) mass is 359 g/mol. The van der Waals surface area contributed by atoms with Gasteiger partial charge in [-0.2, -0.15) is 13.2 Å². The van der Waals surface area contributed by atoms with Gasteiger partial charge in [0.25, 0.3) is 0 Å². The number of allylic oxidation sites excluding steroid dienone is 1. The molecule has 0 aliphatic carbocycles. The number of benzene rings is 1. The molecule has 3 nitrogen and oxygen atoms in total. The molecule has 0 spiro atoms. The standard InChI is InChI=1S/C20H20F3N3/c1-2-17(15-8-10-24-11-9-15)25-18-14-16(20(21,22)23)6-7-19(18)26-12-4-3-5-13-26/h2,6-8,10,14,25H,3-5,12-13H2,1H3/b17-2-. The van der Waals surface area contributed by atoms with Crippen molar-refractivity contribution in [2.45, 2.75) is 32.4 Å². The number of hydrogen-bond donors (Lipinski definition) is 1. The molecule has 6 heteroatoms. The fraction of sp³-hybridized carbons (Fsp3) is 0.350. The molecule has 1 aliphatic heterocycles. The minimum absolute atomic E-state index is 0.444. The quantitative estimate of drug-likeness (QED) is 0.817. The Bertz CT molecular complexity index is 764. The van der Waals surface area contributed by atoms with Crippen molar-refractivity contribution in [1.29, 1.82) is 0 Å². The molecule has 0 unspecified atom stereocenters. The van der Waals surface area contributed by atoms with Crippen LogP contribution in [0.5, 0.6) is 0 Å². The molecule has 0 bridgehead atoms. The molecule has 1 N–H and O–H groups in total. The zero-order valence-corrected chi connectivity index (χ0v) is 14.5. The van der Waals surface area contributed by atoms with Gasteiger partial charge in [-0.3, -0.25) is 0 Å². The Morgan fingerprint density at radius 3 is 2.58 bits per heavy atom. The van der Waals surface area contributed by atoms with Gasteiger partial charge in [0.15, 0.2) is 0 Å². The fourth-order valence-corrected chi connectivity index (χ4v) is 3.10. The third-order valence-electron chi connectivity index (χ3n) is 4.44. The van der Waals surface area contributed by atoms with E-state index in [0.717, 1.165) is 44.1 Å². The summed E-state index contributed by atoms with van der Waals surface area (Å²) in [4.78, 5) is 5.95.